The first kappa shape index (κ1) is 18.1. The topological polar surface area (TPSA) is 101 Å². The van der Waals surface area contributed by atoms with Gasteiger partial charge in [-0.1, -0.05) is 6.58 Å². The summed E-state index contributed by atoms with van der Waals surface area (Å²) in [6.45, 7) is 5.26. The van der Waals surface area contributed by atoms with Crippen molar-refractivity contribution >= 4 is 17.9 Å². The first-order valence-corrected chi connectivity index (χ1v) is 6.61. The SMILES string of the molecule is C=C(C)C(=O)OCCCCC(CCCC(=O)O)C(=O)O. The lowest BCUT2D eigenvalue weighted by Gasteiger charge is -2.11. The fourth-order valence-corrected chi connectivity index (χ4v) is 1.67. The molecule has 0 aromatic rings. The summed E-state index contributed by atoms with van der Waals surface area (Å²) in [6, 6.07) is 0. The smallest absolute Gasteiger partial charge is 0.333 e. The summed E-state index contributed by atoms with van der Waals surface area (Å²) >= 11 is 0. The summed E-state index contributed by atoms with van der Waals surface area (Å²) in [7, 11) is 0. The number of carbonyl (C=O) groups is 3. The Morgan fingerprint density at radius 2 is 1.70 bits per heavy atom. The maximum Gasteiger partial charge on any atom is 0.333 e. The van der Waals surface area contributed by atoms with Crippen molar-refractivity contribution in [2.45, 2.75) is 45.4 Å². The average Bonchev–Trinajstić information content (AvgIpc) is 2.35. The number of carboxylic acids is 2. The summed E-state index contributed by atoms with van der Waals surface area (Å²) in [6.07, 6.45) is 2.36. The van der Waals surface area contributed by atoms with Crippen molar-refractivity contribution < 1.29 is 29.3 Å². The Morgan fingerprint density at radius 1 is 1.10 bits per heavy atom. The molecule has 0 saturated heterocycles. The van der Waals surface area contributed by atoms with E-state index >= 15 is 0 Å². The number of unbranched alkanes of at least 4 members (excludes halogenated alkanes) is 1. The number of carbonyl (C=O) groups excluding carboxylic acids is 1. The maximum atomic E-state index is 11.1. The molecule has 114 valence electrons. The van der Waals surface area contributed by atoms with Gasteiger partial charge in [0.15, 0.2) is 0 Å². The number of aliphatic carboxylic acids is 2. The molecule has 1 unspecified atom stereocenters. The molecule has 0 rings (SSSR count). The fraction of sp³-hybridized carbons (Fsp3) is 0.643. The highest BCUT2D eigenvalue weighted by Gasteiger charge is 2.17. The van der Waals surface area contributed by atoms with Gasteiger partial charge in [-0.25, -0.2) is 4.79 Å². The van der Waals surface area contributed by atoms with Gasteiger partial charge in [-0.05, 0) is 39.0 Å². The minimum Gasteiger partial charge on any atom is -0.481 e. The molecule has 0 radical (unpaired) electrons. The van der Waals surface area contributed by atoms with Crippen molar-refractivity contribution in [3.63, 3.8) is 0 Å². The first-order chi connectivity index (χ1) is 9.34. The van der Waals surface area contributed by atoms with Gasteiger partial charge < -0.3 is 14.9 Å². The second-order valence-electron chi connectivity index (χ2n) is 4.73. The van der Waals surface area contributed by atoms with Gasteiger partial charge in [0.05, 0.1) is 12.5 Å². The Hall–Kier alpha value is -1.85. The number of hydrogen-bond donors (Lipinski definition) is 2. The number of esters is 1. The maximum absolute atomic E-state index is 11.1. The predicted molar refractivity (Wildman–Crippen MR) is 72.2 cm³/mol. The van der Waals surface area contributed by atoms with Gasteiger partial charge in [0.25, 0.3) is 0 Å². The molecule has 6 nitrogen and oxygen atoms in total. The van der Waals surface area contributed by atoms with Crippen molar-refractivity contribution in [3.8, 4) is 0 Å². The molecule has 2 N–H and O–H groups in total. The first-order valence-electron chi connectivity index (χ1n) is 6.61. The van der Waals surface area contributed by atoms with Crippen LogP contribution in [0.2, 0.25) is 0 Å². The molecule has 0 amide bonds. The predicted octanol–water partition coefficient (Wildman–Crippen LogP) is 2.23. The van der Waals surface area contributed by atoms with Crippen LogP contribution in [0.3, 0.4) is 0 Å². The monoisotopic (exact) mass is 286 g/mol. The van der Waals surface area contributed by atoms with Crippen molar-refractivity contribution in [3.05, 3.63) is 12.2 Å². The van der Waals surface area contributed by atoms with E-state index in [9.17, 15) is 14.4 Å². The van der Waals surface area contributed by atoms with Crippen LogP contribution in [-0.4, -0.2) is 34.7 Å². The van der Waals surface area contributed by atoms with E-state index in [0.29, 0.717) is 37.7 Å². The van der Waals surface area contributed by atoms with Gasteiger partial charge in [-0.2, -0.15) is 0 Å². The quantitative estimate of drug-likeness (QED) is 0.343. The Morgan fingerprint density at radius 3 is 2.20 bits per heavy atom. The van der Waals surface area contributed by atoms with Crippen LogP contribution in [0.25, 0.3) is 0 Å². The highest BCUT2D eigenvalue weighted by Crippen LogP contribution is 2.16. The molecule has 0 aromatic heterocycles. The Bertz CT molecular complexity index is 361. The normalized spacial score (nSPS) is 11.7. The molecular formula is C14H22O6. The Balaban J connectivity index is 3.81. The third-order valence-electron chi connectivity index (χ3n) is 2.82. The molecule has 0 saturated carbocycles. The molecular weight excluding hydrogens is 264 g/mol. The second kappa shape index (κ2) is 10.00. The van der Waals surface area contributed by atoms with Crippen LogP contribution in [0.5, 0.6) is 0 Å². The molecule has 0 aliphatic rings. The second-order valence-corrected chi connectivity index (χ2v) is 4.73. The van der Waals surface area contributed by atoms with E-state index in [2.05, 4.69) is 6.58 Å². The number of hydrogen-bond acceptors (Lipinski definition) is 4. The molecule has 20 heavy (non-hydrogen) atoms. The molecule has 0 heterocycles. The summed E-state index contributed by atoms with van der Waals surface area (Å²) in [5, 5.41) is 17.5. The van der Waals surface area contributed by atoms with E-state index in [4.69, 9.17) is 14.9 Å². The van der Waals surface area contributed by atoms with E-state index in [0.717, 1.165) is 0 Å². The zero-order valence-electron chi connectivity index (χ0n) is 11.8. The number of ether oxygens (including phenoxy) is 1. The average molecular weight is 286 g/mol. The van der Waals surface area contributed by atoms with Crippen LogP contribution in [-0.2, 0) is 19.1 Å². The summed E-state index contributed by atoms with van der Waals surface area (Å²) in [4.78, 5) is 32.4. The van der Waals surface area contributed by atoms with Crippen LogP contribution in [0.1, 0.15) is 45.4 Å². The van der Waals surface area contributed by atoms with Crippen LogP contribution >= 0.6 is 0 Å². The molecule has 0 spiro atoms. The van der Waals surface area contributed by atoms with E-state index in [1.807, 2.05) is 0 Å². The van der Waals surface area contributed by atoms with Gasteiger partial charge in [-0.3, -0.25) is 9.59 Å². The molecule has 0 bridgehead atoms. The van der Waals surface area contributed by atoms with Gasteiger partial charge in [0.2, 0.25) is 0 Å². The van der Waals surface area contributed by atoms with Crippen molar-refractivity contribution in [1.29, 1.82) is 0 Å². The minimum absolute atomic E-state index is 0.0139. The summed E-state index contributed by atoms with van der Waals surface area (Å²) < 4.78 is 4.89. The molecule has 0 aliphatic carbocycles. The van der Waals surface area contributed by atoms with E-state index in [-0.39, 0.29) is 13.0 Å². The summed E-state index contributed by atoms with van der Waals surface area (Å²) in [5.74, 6) is -2.80. The van der Waals surface area contributed by atoms with Crippen LogP contribution in [0, 0.1) is 5.92 Å². The zero-order chi connectivity index (χ0) is 15.5. The largest absolute Gasteiger partial charge is 0.481 e. The van der Waals surface area contributed by atoms with Crippen molar-refractivity contribution in [2.24, 2.45) is 5.92 Å². The zero-order valence-corrected chi connectivity index (χ0v) is 11.8. The third kappa shape index (κ3) is 9.13. The molecule has 6 heteroatoms. The van der Waals surface area contributed by atoms with Gasteiger partial charge in [0, 0.05) is 12.0 Å². The minimum atomic E-state index is -0.916. The summed E-state index contributed by atoms with van der Waals surface area (Å²) in [5.41, 5.74) is 0.335. The van der Waals surface area contributed by atoms with Crippen LogP contribution in [0.15, 0.2) is 12.2 Å². The van der Waals surface area contributed by atoms with Crippen molar-refractivity contribution in [2.75, 3.05) is 6.61 Å². The van der Waals surface area contributed by atoms with Crippen LogP contribution < -0.4 is 0 Å². The standard InChI is InChI=1S/C14H22O6/c1-10(2)14(19)20-9-4-3-6-11(13(17)18)7-5-8-12(15)16/h11H,1,3-9H2,2H3,(H,15,16)(H,17,18). The lowest BCUT2D eigenvalue weighted by Crippen LogP contribution is -2.14. The lowest BCUT2D eigenvalue weighted by atomic mass is 9.96. The van der Waals surface area contributed by atoms with E-state index < -0.39 is 23.8 Å². The van der Waals surface area contributed by atoms with E-state index in [1.165, 1.54) is 0 Å². The van der Waals surface area contributed by atoms with Gasteiger partial charge in [-0.15, -0.1) is 0 Å². The molecule has 0 aliphatic heterocycles. The van der Waals surface area contributed by atoms with Crippen LogP contribution in [0.4, 0.5) is 0 Å². The third-order valence-corrected chi connectivity index (χ3v) is 2.82. The number of rotatable bonds is 11. The van der Waals surface area contributed by atoms with Crippen molar-refractivity contribution in [1.82, 2.24) is 0 Å². The highest BCUT2D eigenvalue weighted by molar-refractivity contribution is 5.86. The van der Waals surface area contributed by atoms with Gasteiger partial charge in [0.1, 0.15) is 0 Å². The Labute approximate surface area is 118 Å². The lowest BCUT2D eigenvalue weighted by molar-refractivity contribution is -0.143. The fourth-order valence-electron chi connectivity index (χ4n) is 1.67. The van der Waals surface area contributed by atoms with Gasteiger partial charge >= 0.3 is 17.9 Å². The Kier molecular flexibility index (Phi) is 9.07. The molecule has 1 atom stereocenters. The molecule has 0 aromatic carbocycles. The van der Waals surface area contributed by atoms with E-state index in [1.54, 1.807) is 6.92 Å². The highest BCUT2D eigenvalue weighted by atomic mass is 16.5. The molecule has 0 fully saturated rings. The number of carboxylic acid groups (broad SMARTS) is 2.